The largest absolute Gasteiger partial charge is 0.477 e. The number of thiophene rings is 2. The van der Waals surface area contributed by atoms with Crippen LogP contribution in [-0.4, -0.2) is 28.9 Å². The molecule has 0 aliphatic heterocycles. The summed E-state index contributed by atoms with van der Waals surface area (Å²) in [5.41, 5.74) is 0. The Bertz CT molecular complexity index is 548. The molecule has 2 heterocycles. The molecule has 0 radical (unpaired) electrons. The first-order valence-corrected chi connectivity index (χ1v) is 6.72. The third kappa shape index (κ3) is 3.04. The minimum Gasteiger partial charge on any atom is -0.477 e. The van der Waals surface area contributed by atoms with Gasteiger partial charge in [-0.15, -0.1) is 22.7 Å². The summed E-state index contributed by atoms with van der Waals surface area (Å²) in [5, 5.41) is 20.9. The lowest BCUT2D eigenvalue weighted by atomic mass is 10.4. The lowest BCUT2D eigenvalue weighted by molar-refractivity contribution is 0.0689. The second kappa shape index (κ2) is 5.72. The highest BCUT2D eigenvalue weighted by Crippen LogP contribution is 2.27. The van der Waals surface area contributed by atoms with Crippen LogP contribution in [0.5, 0.6) is 11.5 Å². The zero-order valence-electron chi connectivity index (χ0n) is 9.36. The Labute approximate surface area is 115 Å². The van der Waals surface area contributed by atoms with E-state index in [4.69, 9.17) is 19.7 Å². The van der Waals surface area contributed by atoms with Crippen LogP contribution in [0.15, 0.2) is 22.9 Å². The highest BCUT2D eigenvalue weighted by Gasteiger charge is 2.15. The predicted molar refractivity (Wildman–Crippen MR) is 68.7 cm³/mol. The fraction of sp³-hybridized carbons (Fsp3) is 0.0909. The number of carbonyl (C=O) groups is 2. The summed E-state index contributed by atoms with van der Waals surface area (Å²) in [6.07, 6.45) is 0. The van der Waals surface area contributed by atoms with Crippen molar-refractivity contribution in [3.8, 4) is 11.5 Å². The van der Waals surface area contributed by atoms with E-state index in [0.717, 1.165) is 22.7 Å². The third-order valence-electron chi connectivity index (χ3n) is 2.08. The molecule has 0 atom stereocenters. The summed E-state index contributed by atoms with van der Waals surface area (Å²) in [6, 6.07) is 3.03. The average molecular weight is 300 g/mol. The van der Waals surface area contributed by atoms with Crippen molar-refractivity contribution in [1.29, 1.82) is 0 Å². The molecule has 100 valence electrons. The number of rotatable bonds is 6. The number of hydrogen-bond acceptors (Lipinski definition) is 6. The summed E-state index contributed by atoms with van der Waals surface area (Å²) in [7, 11) is 0. The van der Waals surface area contributed by atoms with E-state index in [-0.39, 0.29) is 28.0 Å². The smallest absolute Gasteiger partial charge is 0.349 e. The van der Waals surface area contributed by atoms with E-state index in [1.165, 1.54) is 12.1 Å². The van der Waals surface area contributed by atoms with Gasteiger partial charge in [-0.25, -0.2) is 9.59 Å². The van der Waals surface area contributed by atoms with Crippen LogP contribution < -0.4 is 9.47 Å². The van der Waals surface area contributed by atoms with Crippen molar-refractivity contribution < 1.29 is 29.3 Å². The zero-order chi connectivity index (χ0) is 13.8. The number of ether oxygens (including phenoxy) is 2. The molecule has 0 fully saturated rings. The highest BCUT2D eigenvalue weighted by atomic mass is 32.1. The van der Waals surface area contributed by atoms with E-state index in [0.29, 0.717) is 0 Å². The van der Waals surface area contributed by atoms with Crippen LogP contribution in [0.4, 0.5) is 0 Å². The number of carboxylic acid groups (broad SMARTS) is 2. The van der Waals surface area contributed by atoms with Gasteiger partial charge in [0.05, 0.1) is 0 Å². The van der Waals surface area contributed by atoms with Crippen molar-refractivity contribution in [1.82, 2.24) is 0 Å². The van der Waals surface area contributed by atoms with Crippen molar-refractivity contribution >= 4 is 34.6 Å². The second-order valence-electron chi connectivity index (χ2n) is 3.24. The Balaban J connectivity index is 1.97. The minimum absolute atomic E-state index is 0.0763. The normalized spacial score (nSPS) is 10.1. The maximum absolute atomic E-state index is 10.8. The van der Waals surface area contributed by atoms with Gasteiger partial charge in [0.2, 0.25) is 6.79 Å². The summed E-state index contributed by atoms with van der Waals surface area (Å²) in [4.78, 5) is 21.8. The zero-order valence-corrected chi connectivity index (χ0v) is 11.0. The molecule has 19 heavy (non-hydrogen) atoms. The van der Waals surface area contributed by atoms with Crippen LogP contribution in [0.1, 0.15) is 19.3 Å². The molecule has 2 N–H and O–H groups in total. The Morgan fingerprint density at radius 2 is 1.37 bits per heavy atom. The molecule has 0 unspecified atom stereocenters. The molecule has 6 nitrogen and oxygen atoms in total. The van der Waals surface area contributed by atoms with E-state index < -0.39 is 11.9 Å². The molecular weight excluding hydrogens is 292 g/mol. The van der Waals surface area contributed by atoms with E-state index in [2.05, 4.69) is 0 Å². The molecule has 8 heteroatoms. The van der Waals surface area contributed by atoms with Gasteiger partial charge in [-0.3, -0.25) is 0 Å². The fourth-order valence-electron chi connectivity index (χ4n) is 1.29. The lowest BCUT2D eigenvalue weighted by Crippen LogP contribution is -2.08. The lowest BCUT2D eigenvalue weighted by Gasteiger charge is -2.07. The quantitative estimate of drug-likeness (QED) is 0.797. The molecule has 0 saturated carbocycles. The van der Waals surface area contributed by atoms with Gasteiger partial charge >= 0.3 is 11.9 Å². The molecule has 0 saturated heterocycles. The molecular formula is C11H8O6S2. The number of aromatic carboxylic acids is 2. The maximum Gasteiger partial charge on any atom is 0.349 e. The van der Waals surface area contributed by atoms with Crippen molar-refractivity contribution in [3.05, 3.63) is 32.6 Å². The standard InChI is InChI=1S/C11H8O6S2/c12-10(13)8-6(1-3-18-8)16-5-17-7-2-4-19-9(7)11(14)15/h1-4H,5H2,(H,12,13)(H,14,15). The Morgan fingerprint density at radius 1 is 0.947 bits per heavy atom. The molecule has 2 aromatic rings. The van der Waals surface area contributed by atoms with Gasteiger partial charge in [0.15, 0.2) is 9.75 Å². The Kier molecular flexibility index (Phi) is 4.03. The first-order valence-electron chi connectivity index (χ1n) is 4.96. The number of carboxylic acids is 2. The highest BCUT2D eigenvalue weighted by molar-refractivity contribution is 7.12. The van der Waals surface area contributed by atoms with Crippen molar-refractivity contribution in [2.24, 2.45) is 0 Å². The first-order chi connectivity index (χ1) is 9.09. The van der Waals surface area contributed by atoms with E-state index in [1.54, 1.807) is 10.8 Å². The summed E-state index contributed by atoms with van der Waals surface area (Å²) < 4.78 is 10.3. The fourth-order valence-corrected chi connectivity index (χ4v) is 2.63. The third-order valence-corrected chi connectivity index (χ3v) is 3.84. The van der Waals surface area contributed by atoms with E-state index >= 15 is 0 Å². The predicted octanol–water partition coefficient (Wildman–Crippen LogP) is 2.62. The Hall–Kier alpha value is -2.06. The van der Waals surface area contributed by atoms with Gasteiger partial charge in [0, 0.05) is 0 Å². The van der Waals surface area contributed by atoms with Crippen molar-refractivity contribution in [2.45, 2.75) is 0 Å². The average Bonchev–Trinajstić information content (AvgIpc) is 2.96. The van der Waals surface area contributed by atoms with Crippen LogP contribution in [-0.2, 0) is 0 Å². The molecule has 0 bridgehead atoms. The topological polar surface area (TPSA) is 93.1 Å². The van der Waals surface area contributed by atoms with Crippen LogP contribution >= 0.6 is 22.7 Å². The second-order valence-corrected chi connectivity index (χ2v) is 5.08. The molecule has 0 aromatic carbocycles. The Morgan fingerprint density at radius 3 is 1.74 bits per heavy atom. The summed E-state index contributed by atoms with van der Waals surface area (Å²) in [6.45, 7) is -0.256. The molecule has 0 aliphatic carbocycles. The summed E-state index contributed by atoms with van der Waals surface area (Å²) in [5.74, 6) is -1.76. The van der Waals surface area contributed by atoms with Crippen LogP contribution in [0.25, 0.3) is 0 Å². The molecule has 2 rings (SSSR count). The number of hydrogen-bond donors (Lipinski definition) is 2. The SMILES string of the molecule is O=C(O)c1sccc1OCOc1ccsc1C(=O)O. The van der Waals surface area contributed by atoms with Crippen LogP contribution in [0.3, 0.4) is 0 Å². The van der Waals surface area contributed by atoms with Gasteiger partial charge in [-0.2, -0.15) is 0 Å². The van der Waals surface area contributed by atoms with Crippen LogP contribution in [0.2, 0.25) is 0 Å². The maximum atomic E-state index is 10.8. The van der Waals surface area contributed by atoms with Gasteiger partial charge in [0.25, 0.3) is 0 Å². The van der Waals surface area contributed by atoms with Gasteiger partial charge in [-0.05, 0) is 22.9 Å². The van der Waals surface area contributed by atoms with E-state index in [9.17, 15) is 9.59 Å². The monoisotopic (exact) mass is 300 g/mol. The molecule has 2 aromatic heterocycles. The van der Waals surface area contributed by atoms with Gasteiger partial charge in [0.1, 0.15) is 11.5 Å². The van der Waals surface area contributed by atoms with Crippen molar-refractivity contribution in [2.75, 3.05) is 6.79 Å². The molecule has 0 aliphatic rings. The van der Waals surface area contributed by atoms with Crippen molar-refractivity contribution in [3.63, 3.8) is 0 Å². The van der Waals surface area contributed by atoms with Gasteiger partial charge < -0.3 is 19.7 Å². The molecule has 0 spiro atoms. The summed E-state index contributed by atoms with van der Waals surface area (Å²) >= 11 is 2.08. The van der Waals surface area contributed by atoms with Gasteiger partial charge in [-0.1, -0.05) is 0 Å². The minimum atomic E-state index is -1.08. The van der Waals surface area contributed by atoms with E-state index in [1.807, 2.05) is 0 Å². The van der Waals surface area contributed by atoms with Crippen LogP contribution in [0, 0.1) is 0 Å². The first kappa shape index (κ1) is 13.4. The molecule has 0 amide bonds.